The first-order chi connectivity index (χ1) is 9.88. The molecule has 4 bridgehead atoms. The van der Waals surface area contributed by atoms with Crippen LogP contribution in [0.3, 0.4) is 0 Å². The topological polar surface area (TPSA) is 88.8 Å². The number of carbonyl (C=O) groups excluding carboxylic acids is 2. The van der Waals surface area contributed by atoms with Crippen LogP contribution in [0.1, 0.15) is 52.4 Å². The van der Waals surface area contributed by atoms with Crippen molar-refractivity contribution in [1.82, 2.24) is 5.32 Å². The molecule has 2 atom stereocenters. The lowest BCUT2D eigenvalue weighted by atomic mass is 9.48. The van der Waals surface area contributed by atoms with E-state index in [2.05, 4.69) is 17.6 Å². The van der Waals surface area contributed by atoms with Gasteiger partial charge in [0, 0.05) is 5.41 Å². The van der Waals surface area contributed by atoms with E-state index in [4.69, 9.17) is 5.73 Å². The van der Waals surface area contributed by atoms with E-state index in [1.54, 1.807) is 0 Å². The molecule has 5 N–H and O–H groups in total. The third kappa shape index (κ3) is 2.80. The van der Waals surface area contributed by atoms with Crippen LogP contribution in [-0.4, -0.2) is 24.0 Å². The number of urea groups is 1. The number of nitrogens with one attached hydrogen (secondary N) is 1. The van der Waals surface area contributed by atoms with E-state index in [0.29, 0.717) is 11.5 Å². The van der Waals surface area contributed by atoms with Crippen LogP contribution >= 0.6 is 0 Å². The molecule has 0 heterocycles. The first kappa shape index (κ1) is 14.8. The van der Waals surface area contributed by atoms with Gasteiger partial charge in [-0.05, 0) is 70.1 Å². The van der Waals surface area contributed by atoms with Gasteiger partial charge in [0.05, 0.1) is 6.04 Å². The third-order valence-corrected chi connectivity index (χ3v) is 6.29. The van der Waals surface area contributed by atoms with Gasteiger partial charge in [0.1, 0.15) is 0 Å². The molecule has 4 rings (SSSR count). The molecule has 4 aliphatic rings. The minimum atomic E-state index is -0.761. The lowest BCUT2D eigenvalue weighted by molar-refractivity contribution is -0.719. The molecule has 0 unspecified atom stereocenters. The quantitative estimate of drug-likeness (QED) is 0.714. The number of imide groups is 1. The smallest absolute Gasteiger partial charge is 0.319 e. The van der Waals surface area contributed by atoms with Crippen LogP contribution < -0.4 is 16.4 Å². The second kappa shape index (κ2) is 5.27. The Morgan fingerprint density at radius 2 is 1.57 bits per heavy atom. The largest absolute Gasteiger partial charge is 0.351 e. The number of rotatable bonds is 4. The summed E-state index contributed by atoms with van der Waals surface area (Å²) in [5, 5.41) is 4.33. The van der Waals surface area contributed by atoms with Crippen LogP contribution in [0.4, 0.5) is 4.79 Å². The maximum Gasteiger partial charge on any atom is 0.319 e. The molecule has 4 aliphatic carbocycles. The van der Waals surface area contributed by atoms with Gasteiger partial charge in [-0.3, -0.25) is 10.1 Å². The van der Waals surface area contributed by atoms with Gasteiger partial charge in [0.2, 0.25) is 0 Å². The summed E-state index contributed by atoms with van der Waals surface area (Å²) in [5.41, 5.74) is 5.44. The highest BCUT2D eigenvalue weighted by Gasteiger charge is 2.54. The summed E-state index contributed by atoms with van der Waals surface area (Å²) < 4.78 is 0. The van der Waals surface area contributed by atoms with Crippen molar-refractivity contribution in [2.45, 2.75) is 64.5 Å². The SMILES string of the molecule is C[C@H]([NH2+][C@H](C)C(=O)NC(N)=O)C12CC3CC(CC(C3)C1)C2. The maximum atomic E-state index is 11.9. The number of hydrogen-bond donors (Lipinski definition) is 3. The van der Waals surface area contributed by atoms with Crippen molar-refractivity contribution in [3.8, 4) is 0 Å². The molecular weight excluding hydrogens is 266 g/mol. The summed E-state index contributed by atoms with van der Waals surface area (Å²) in [6.45, 7) is 4.12. The standard InChI is InChI=1S/C16H27N3O2/c1-9(14(20)19-15(17)21)18-10(2)16-6-11-3-12(7-16)5-13(4-11)8-16/h9-13,18H,3-8H2,1-2H3,(H3,17,19,20,21)/p+1/t9-,10+,11?,12?,13?,16?/m1/s1. The van der Waals surface area contributed by atoms with Crippen LogP contribution in [0.2, 0.25) is 0 Å². The molecule has 0 aromatic carbocycles. The molecule has 0 spiro atoms. The Bertz CT molecular complexity index is 414. The molecule has 0 saturated heterocycles. The monoisotopic (exact) mass is 294 g/mol. The molecule has 4 saturated carbocycles. The number of quaternary nitrogens is 1. The summed E-state index contributed by atoms with van der Waals surface area (Å²) in [4.78, 5) is 22.7. The van der Waals surface area contributed by atoms with Crippen LogP contribution in [-0.2, 0) is 4.79 Å². The predicted molar refractivity (Wildman–Crippen MR) is 79.2 cm³/mol. The van der Waals surface area contributed by atoms with E-state index >= 15 is 0 Å². The Labute approximate surface area is 126 Å². The van der Waals surface area contributed by atoms with Crippen LogP contribution in [0, 0.1) is 23.2 Å². The molecule has 0 aliphatic heterocycles. The number of hydrogen-bond acceptors (Lipinski definition) is 2. The number of amides is 3. The van der Waals surface area contributed by atoms with Crippen LogP contribution in [0.15, 0.2) is 0 Å². The van der Waals surface area contributed by atoms with Crippen molar-refractivity contribution >= 4 is 11.9 Å². The highest BCUT2D eigenvalue weighted by Crippen LogP contribution is 2.60. The summed E-state index contributed by atoms with van der Waals surface area (Å²) in [6, 6.07) is -0.595. The van der Waals surface area contributed by atoms with Crippen LogP contribution in [0.25, 0.3) is 0 Å². The van der Waals surface area contributed by atoms with Gasteiger partial charge in [0.25, 0.3) is 5.91 Å². The lowest BCUT2D eigenvalue weighted by Crippen LogP contribution is -2.98. The highest BCUT2D eigenvalue weighted by atomic mass is 16.2. The number of carbonyl (C=O) groups is 2. The zero-order valence-electron chi connectivity index (χ0n) is 13.1. The lowest BCUT2D eigenvalue weighted by Gasteiger charge is -2.58. The van der Waals surface area contributed by atoms with Crippen molar-refractivity contribution in [1.29, 1.82) is 0 Å². The molecule has 0 radical (unpaired) electrons. The van der Waals surface area contributed by atoms with Gasteiger partial charge in [-0.1, -0.05) is 0 Å². The number of nitrogens with two attached hydrogens (primary N) is 2. The summed E-state index contributed by atoms with van der Waals surface area (Å²) in [6.07, 6.45) is 8.31. The Balaban J connectivity index is 1.64. The van der Waals surface area contributed by atoms with Crippen molar-refractivity contribution < 1.29 is 14.9 Å². The molecule has 0 aromatic heterocycles. The van der Waals surface area contributed by atoms with E-state index < -0.39 is 6.03 Å². The van der Waals surface area contributed by atoms with E-state index in [1.165, 1.54) is 38.5 Å². The average Bonchev–Trinajstić information content (AvgIpc) is 2.35. The Morgan fingerprint density at radius 1 is 1.10 bits per heavy atom. The molecule has 4 fully saturated rings. The minimum absolute atomic E-state index is 0.263. The third-order valence-electron chi connectivity index (χ3n) is 6.29. The summed E-state index contributed by atoms with van der Waals surface area (Å²) >= 11 is 0. The van der Waals surface area contributed by atoms with Crippen molar-refractivity contribution in [3.05, 3.63) is 0 Å². The molecule has 118 valence electrons. The van der Waals surface area contributed by atoms with Crippen molar-refractivity contribution in [2.24, 2.45) is 28.9 Å². The highest BCUT2D eigenvalue weighted by molar-refractivity contribution is 5.95. The summed E-state index contributed by atoms with van der Waals surface area (Å²) in [5.74, 6) is 2.48. The molecular formula is C16H28N3O2+. The van der Waals surface area contributed by atoms with Gasteiger partial charge in [-0.2, -0.15) is 0 Å². The zero-order valence-corrected chi connectivity index (χ0v) is 13.1. The Kier molecular flexibility index (Phi) is 3.72. The minimum Gasteiger partial charge on any atom is -0.351 e. The molecule has 21 heavy (non-hydrogen) atoms. The van der Waals surface area contributed by atoms with Crippen LogP contribution in [0.5, 0.6) is 0 Å². The first-order valence-electron chi connectivity index (χ1n) is 8.33. The zero-order chi connectivity index (χ0) is 15.2. The van der Waals surface area contributed by atoms with Gasteiger partial charge >= 0.3 is 6.03 Å². The van der Waals surface area contributed by atoms with Crippen molar-refractivity contribution in [3.63, 3.8) is 0 Å². The fourth-order valence-corrected chi connectivity index (χ4v) is 5.70. The van der Waals surface area contributed by atoms with Gasteiger partial charge in [-0.25, -0.2) is 4.79 Å². The normalized spacial score (nSPS) is 39.8. The van der Waals surface area contributed by atoms with Gasteiger partial charge < -0.3 is 11.1 Å². The first-order valence-corrected chi connectivity index (χ1v) is 8.33. The molecule has 0 aromatic rings. The number of primary amides is 1. The fourth-order valence-electron chi connectivity index (χ4n) is 5.70. The molecule has 5 heteroatoms. The molecule has 3 amide bonds. The second-order valence-corrected chi connectivity index (χ2v) is 7.90. The van der Waals surface area contributed by atoms with E-state index in [9.17, 15) is 9.59 Å². The van der Waals surface area contributed by atoms with E-state index in [-0.39, 0.29) is 11.9 Å². The van der Waals surface area contributed by atoms with E-state index in [0.717, 1.165) is 17.8 Å². The van der Waals surface area contributed by atoms with Crippen molar-refractivity contribution in [2.75, 3.05) is 0 Å². The fraction of sp³-hybridized carbons (Fsp3) is 0.875. The summed E-state index contributed by atoms with van der Waals surface area (Å²) in [7, 11) is 0. The molecule has 5 nitrogen and oxygen atoms in total. The average molecular weight is 294 g/mol. The Hall–Kier alpha value is -1.10. The Morgan fingerprint density at radius 3 is 2.00 bits per heavy atom. The second-order valence-electron chi connectivity index (χ2n) is 7.90. The van der Waals surface area contributed by atoms with E-state index in [1.807, 2.05) is 6.92 Å². The predicted octanol–water partition coefficient (Wildman–Crippen LogP) is 0.738. The van der Waals surface area contributed by atoms with Gasteiger partial charge in [0.15, 0.2) is 6.04 Å². The maximum absolute atomic E-state index is 11.9. The van der Waals surface area contributed by atoms with Gasteiger partial charge in [-0.15, -0.1) is 0 Å².